The summed E-state index contributed by atoms with van der Waals surface area (Å²) in [6, 6.07) is 19.6. The average molecular weight is 360 g/mol. The molecular weight excluding hydrogens is 346 g/mol. The van der Waals surface area contributed by atoms with Crippen molar-refractivity contribution >= 4 is 17.1 Å². The molecule has 0 aliphatic heterocycles. The van der Waals surface area contributed by atoms with Gasteiger partial charge >= 0.3 is 0 Å². The van der Waals surface area contributed by atoms with Crippen LogP contribution in [0.25, 0.3) is 10.4 Å². The minimum Gasteiger partial charge on any atom is -1.00 e. The topological polar surface area (TPSA) is 20.9 Å². The Morgan fingerprint density at radius 1 is 0.952 bits per heavy atom. The van der Waals surface area contributed by atoms with E-state index in [1.807, 2.05) is 64.8 Å². The number of aromatic nitrogens is 1. The van der Waals surface area contributed by atoms with Gasteiger partial charge in [-0.05, 0) is 5.56 Å². The van der Waals surface area contributed by atoms with Crippen molar-refractivity contribution < 1.29 is 26.3 Å². The van der Waals surface area contributed by atoms with Gasteiger partial charge in [0.25, 0.3) is 0 Å². The van der Waals surface area contributed by atoms with Crippen molar-refractivity contribution in [3.05, 3.63) is 77.9 Å². The molecule has 0 aliphatic rings. The average Bonchev–Trinajstić information content (AvgIpc) is 2.97. The van der Waals surface area contributed by atoms with Crippen LogP contribution in [0, 0.1) is 0 Å². The number of halogens is 1. The molecule has 1 heterocycles. The smallest absolute Gasteiger partial charge is 0.227 e. The molecule has 0 unspecified atom stereocenters. The largest absolute Gasteiger partial charge is 1.00 e. The van der Waals surface area contributed by atoms with Crippen molar-refractivity contribution in [1.82, 2.24) is 0 Å². The van der Waals surface area contributed by atoms with Crippen LogP contribution in [0.4, 0.5) is 0 Å². The molecule has 0 radical (unpaired) electrons. The molecular formula is C17H14BrNOS. The van der Waals surface area contributed by atoms with E-state index in [-0.39, 0.29) is 22.8 Å². The molecule has 0 bridgehead atoms. The van der Waals surface area contributed by atoms with E-state index in [4.69, 9.17) is 0 Å². The van der Waals surface area contributed by atoms with Crippen LogP contribution >= 0.6 is 11.3 Å². The van der Waals surface area contributed by atoms with Crippen LogP contribution < -0.4 is 21.5 Å². The molecule has 2 aromatic carbocycles. The lowest BCUT2D eigenvalue weighted by Crippen LogP contribution is -3.00. The van der Waals surface area contributed by atoms with E-state index >= 15 is 0 Å². The highest BCUT2D eigenvalue weighted by molar-refractivity contribution is 7.12. The number of nitrogens with zero attached hydrogens (tertiary/aromatic N) is 1. The molecule has 0 atom stereocenters. The molecule has 3 rings (SSSR count). The molecule has 1 aromatic heterocycles. The zero-order chi connectivity index (χ0) is 13.8. The van der Waals surface area contributed by atoms with Crippen LogP contribution in [0.2, 0.25) is 0 Å². The van der Waals surface area contributed by atoms with Crippen LogP contribution in [0.15, 0.2) is 72.4 Å². The Morgan fingerprint density at radius 3 is 2.24 bits per heavy atom. The van der Waals surface area contributed by atoms with Gasteiger partial charge in [0.15, 0.2) is 6.20 Å². The second-order valence-corrected chi connectivity index (χ2v) is 5.43. The van der Waals surface area contributed by atoms with Gasteiger partial charge in [0, 0.05) is 5.56 Å². The van der Waals surface area contributed by atoms with Crippen molar-refractivity contribution in [3.63, 3.8) is 0 Å². The van der Waals surface area contributed by atoms with Crippen molar-refractivity contribution in [1.29, 1.82) is 0 Å². The van der Waals surface area contributed by atoms with Gasteiger partial charge in [0.2, 0.25) is 17.8 Å². The Bertz CT molecular complexity index is 710. The van der Waals surface area contributed by atoms with Gasteiger partial charge in [-0.3, -0.25) is 4.79 Å². The summed E-state index contributed by atoms with van der Waals surface area (Å²) in [6.07, 6.45) is 2.03. The van der Waals surface area contributed by atoms with Gasteiger partial charge in [-0.15, -0.1) is 0 Å². The molecule has 0 N–H and O–H groups in total. The highest BCUT2D eigenvalue weighted by Crippen LogP contribution is 2.21. The van der Waals surface area contributed by atoms with Crippen molar-refractivity contribution in [2.24, 2.45) is 0 Å². The third kappa shape index (κ3) is 3.86. The highest BCUT2D eigenvalue weighted by Gasteiger charge is 2.14. The lowest BCUT2D eigenvalue weighted by molar-refractivity contribution is -0.677. The van der Waals surface area contributed by atoms with Gasteiger partial charge in [-0.2, -0.15) is 4.57 Å². The van der Waals surface area contributed by atoms with Crippen molar-refractivity contribution in [2.45, 2.75) is 6.54 Å². The molecule has 4 heteroatoms. The van der Waals surface area contributed by atoms with Crippen LogP contribution in [-0.4, -0.2) is 5.78 Å². The molecule has 0 fully saturated rings. The minimum absolute atomic E-state index is 0. The molecule has 2 nitrogen and oxygen atoms in total. The highest BCUT2D eigenvalue weighted by atomic mass is 79.9. The lowest BCUT2D eigenvalue weighted by Gasteiger charge is -1.95. The fourth-order valence-corrected chi connectivity index (χ4v) is 2.90. The molecule has 0 amide bonds. The molecule has 0 aliphatic carbocycles. The van der Waals surface area contributed by atoms with Crippen molar-refractivity contribution in [3.8, 4) is 10.4 Å². The van der Waals surface area contributed by atoms with Gasteiger partial charge in [-0.1, -0.05) is 72.0 Å². The number of carbonyl (C=O) groups is 1. The first kappa shape index (κ1) is 15.6. The van der Waals surface area contributed by atoms with E-state index in [1.54, 1.807) is 11.3 Å². The van der Waals surface area contributed by atoms with E-state index in [0.29, 0.717) is 6.54 Å². The van der Waals surface area contributed by atoms with Crippen LogP contribution in [-0.2, 0) is 6.54 Å². The molecule has 3 aromatic rings. The lowest BCUT2D eigenvalue weighted by atomic mass is 10.1. The van der Waals surface area contributed by atoms with Crippen LogP contribution in [0.3, 0.4) is 0 Å². The summed E-state index contributed by atoms with van der Waals surface area (Å²) in [6.45, 7) is 0.382. The number of thiazole rings is 1. The Kier molecular flexibility index (Phi) is 5.42. The zero-order valence-electron chi connectivity index (χ0n) is 11.3. The van der Waals surface area contributed by atoms with Gasteiger partial charge in [0.1, 0.15) is 4.88 Å². The SMILES string of the molecule is O=C(C[n+]1csc(-c2ccccc2)c1)c1ccccc1.[Br-]. The van der Waals surface area contributed by atoms with E-state index in [0.717, 1.165) is 5.56 Å². The number of Topliss-reactive ketones (excluding diaryl/α,β-unsaturated/α-hetero) is 1. The maximum Gasteiger partial charge on any atom is 0.227 e. The first-order valence-electron chi connectivity index (χ1n) is 6.44. The summed E-state index contributed by atoms with van der Waals surface area (Å²) in [5.41, 5.74) is 3.93. The van der Waals surface area contributed by atoms with Gasteiger partial charge in [-0.25, -0.2) is 0 Å². The standard InChI is InChI=1S/C17H14NOS.BrH/c19-16(14-7-3-1-4-8-14)11-18-12-17(20-13-18)15-9-5-2-6-10-15;/h1-10,12-13H,11H2;1H/q+1;/p-1. The minimum atomic E-state index is 0. The van der Waals surface area contributed by atoms with Crippen molar-refractivity contribution in [2.75, 3.05) is 0 Å². The monoisotopic (exact) mass is 359 g/mol. The third-order valence-electron chi connectivity index (χ3n) is 3.08. The van der Waals surface area contributed by atoms with Gasteiger partial charge < -0.3 is 17.0 Å². The summed E-state index contributed by atoms with van der Waals surface area (Å²) >= 11 is 1.65. The quantitative estimate of drug-likeness (QED) is 0.493. The number of benzene rings is 2. The molecule has 21 heavy (non-hydrogen) atoms. The summed E-state index contributed by atoms with van der Waals surface area (Å²) in [7, 11) is 0. The number of carbonyl (C=O) groups excluding carboxylic acids is 1. The summed E-state index contributed by atoms with van der Waals surface area (Å²) in [5, 5.41) is 0. The molecule has 0 saturated heterocycles. The third-order valence-corrected chi connectivity index (χ3v) is 4.05. The summed E-state index contributed by atoms with van der Waals surface area (Å²) in [5.74, 6) is 0.132. The number of ketones is 1. The Morgan fingerprint density at radius 2 is 1.57 bits per heavy atom. The maximum absolute atomic E-state index is 12.1. The van der Waals surface area contributed by atoms with E-state index < -0.39 is 0 Å². The molecule has 0 saturated carbocycles. The second-order valence-electron chi connectivity index (χ2n) is 4.54. The van der Waals surface area contributed by atoms with E-state index in [2.05, 4.69) is 12.1 Å². The number of hydrogen-bond acceptors (Lipinski definition) is 2. The first-order valence-corrected chi connectivity index (χ1v) is 7.32. The molecule has 106 valence electrons. The Labute approximate surface area is 138 Å². The fraction of sp³-hybridized carbons (Fsp3) is 0.0588. The van der Waals surface area contributed by atoms with Crippen LogP contribution in [0.1, 0.15) is 10.4 Å². The fourth-order valence-electron chi connectivity index (χ4n) is 2.05. The Hall–Kier alpha value is -1.78. The van der Waals surface area contributed by atoms with E-state index in [9.17, 15) is 4.79 Å². The maximum atomic E-state index is 12.1. The molecule has 0 spiro atoms. The number of rotatable bonds is 4. The number of hydrogen-bond donors (Lipinski definition) is 0. The first-order chi connectivity index (χ1) is 9.83. The zero-order valence-corrected chi connectivity index (χ0v) is 13.7. The van der Waals surface area contributed by atoms with Crippen LogP contribution in [0.5, 0.6) is 0 Å². The predicted octanol–water partition coefficient (Wildman–Crippen LogP) is 0.589. The summed E-state index contributed by atoms with van der Waals surface area (Å²) < 4.78 is 1.95. The predicted molar refractivity (Wildman–Crippen MR) is 80.7 cm³/mol. The summed E-state index contributed by atoms with van der Waals surface area (Å²) in [4.78, 5) is 13.3. The second kappa shape index (κ2) is 7.29. The van der Waals surface area contributed by atoms with Gasteiger partial charge in [0.05, 0.1) is 0 Å². The van der Waals surface area contributed by atoms with E-state index in [1.165, 1.54) is 10.4 Å². The Balaban J connectivity index is 0.00000161. The normalized spacial score (nSPS) is 9.90.